The molecule has 0 fully saturated rings. The molecule has 0 amide bonds. The van der Waals surface area contributed by atoms with Crippen molar-refractivity contribution in [3.05, 3.63) is 53.1 Å². The highest BCUT2D eigenvalue weighted by Crippen LogP contribution is 2.15. The maximum Gasteiger partial charge on any atom is -0.0228 e. The predicted molar refractivity (Wildman–Crippen MR) is 80.3 cm³/mol. The van der Waals surface area contributed by atoms with Gasteiger partial charge >= 0.3 is 0 Å². The second kappa shape index (κ2) is 7.89. The van der Waals surface area contributed by atoms with E-state index in [-0.39, 0.29) is 0 Å². The molecule has 1 aromatic carbocycles. The van der Waals surface area contributed by atoms with Gasteiger partial charge in [-0.3, -0.25) is 0 Å². The van der Waals surface area contributed by atoms with Crippen molar-refractivity contribution in [3.8, 4) is 0 Å². The van der Waals surface area contributed by atoms with Crippen LogP contribution in [0.15, 0.2) is 36.4 Å². The second-order valence-corrected chi connectivity index (χ2v) is 4.85. The fraction of sp³-hybridized carbons (Fsp3) is 0.412. The van der Waals surface area contributed by atoms with E-state index in [9.17, 15) is 0 Å². The predicted octanol–water partition coefficient (Wildman–Crippen LogP) is 5.70. The summed E-state index contributed by atoms with van der Waals surface area (Å²) >= 11 is 0. The minimum absolute atomic E-state index is 1.14. The van der Waals surface area contributed by atoms with Gasteiger partial charge in [0.15, 0.2) is 0 Å². The first-order chi connectivity index (χ1) is 7.86. The molecule has 0 aromatic heterocycles. The van der Waals surface area contributed by atoms with Gasteiger partial charge in [-0.05, 0) is 46.6 Å². The number of rotatable bonds is 2. The normalized spacial score (nSPS) is 9.06. The molecule has 94 valence electrons. The van der Waals surface area contributed by atoms with Crippen molar-refractivity contribution in [2.24, 2.45) is 0 Å². The molecule has 0 spiro atoms. The van der Waals surface area contributed by atoms with Crippen LogP contribution >= 0.6 is 0 Å². The van der Waals surface area contributed by atoms with Crippen LogP contribution in [0.25, 0.3) is 5.57 Å². The van der Waals surface area contributed by atoms with Crippen LogP contribution in [0.2, 0.25) is 0 Å². The molecular weight excluding hydrogens is 204 g/mol. The average Bonchev–Trinajstić information content (AvgIpc) is 2.16. The summed E-state index contributed by atoms with van der Waals surface area (Å²) in [4.78, 5) is 0. The molecule has 0 radical (unpaired) electrons. The summed E-state index contributed by atoms with van der Waals surface area (Å²) in [7, 11) is 0. The summed E-state index contributed by atoms with van der Waals surface area (Å²) in [5, 5.41) is 0. The Hall–Kier alpha value is -1.30. The van der Waals surface area contributed by atoms with E-state index in [2.05, 4.69) is 65.5 Å². The molecule has 0 nitrogen and oxygen atoms in total. The lowest BCUT2D eigenvalue weighted by Gasteiger charge is -2.02. The van der Waals surface area contributed by atoms with E-state index >= 15 is 0 Å². The number of hydrogen-bond donors (Lipinski definition) is 0. The molecule has 0 aliphatic rings. The van der Waals surface area contributed by atoms with Crippen molar-refractivity contribution in [2.45, 2.75) is 48.0 Å². The highest BCUT2D eigenvalue weighted by molar-refractivity contribution is 5.62. The molecule has 0 N–H and O–H groups in total. The van der Waals surface area contributed by atoms with Gasteiger partial charge in [0.2, 0.25) is 0 Å². The third kappa shape index (κ3) is 7.57. The Morgan fingerprint density at radius 3 is 1.76 bits per heavy atom. The van der Waals surface area contributed by atoms with Crippen molar-refractivity contribution in [1.29, 1.82) is 0 Å². The quantitative estimate of drug-likeness (QED) is 0.572. The second-order valence-electron chi connectivity index (χ2n) is 4.85. The summed E-state index contributed by atoms with van der Waals surface area (Å²) in [5.41, 5.74) is 6.42. The van der Waals surface area contributed by atoms with E-state index in [1.54, 1.807) is 0 Å². The monoisotopic (exact) mass is 230 g/mol. The van der Waals surface area contributed by atoms with Gasteiger partial charge in [0.05, 0.1) is 0 Å². The lowest BCUT2D eigenvalue weighted by Crippen LogP contribution is -1.82. The van der Waals surface area contributed by atoms with E-state index < -0.39 is 0 Å². The van der Waals surface area contributed by atoms with Crippen molar-refractivity contribution < 1.29 is 0 Å². The lowest BCUT2D eigenvalue weighted by atomic mass is 10.0. The molecule has 0 aliphatic heterocycles. The van der Waals surface area contributed by atoms with Crippen LogP contribution < -0.4 is 0 Å². The average molecular weight is 230 g/mol. The fourth-order valence-electron chi connectivity index (χ4n) is 1.63. The summed E-state index contributed by atoms with van der Waals surface area (Å²) < 4.78 is 0. The molecule has 0 heterocycles. The summed E-state index contributed by atoms with van der Waals surface area (Å²) in [5.74, 6) is 0. The van der Waals surface area contributed by atoms with E-state index in [0.29, 0.717) is 0 Å². The zero-order valence-electron chi connectivity index (χ0n) is 12.2. The molecule has 1 aromatic rings. The van der Waals surface area contributed by atoms with Gasteiger partial charge in [0, 0.05) is 0 Å². The Kier molecular flexibility index (Phi) is 7.29. The topological polar surface area (TPSA) is 0 Å². The Balaban J connectivity index is 0.000000366. The van der Waals surface area contributed by atoms with Gasteiger partial charge in [-0.2, -0.15) is 0 Å². The smallest absolute Gasteiger partial charge is 0.0228 e. The molecule has 0 unspecified atom stereocenters. The van der Waals surface area contributed by atoms with Gasteiger partial charge in [-0.1, -0.05) is 60.1 Å². The molecule has 0 saturated heterocycles. The largest absolute Gasteiger partial charge is 0.0955 e. The first-order valence-corrected chi connectivity index (χ1v) is 6.24. The minimum atomic E-state index is 1.14. The summed E-state index contributed by atoms with van der Waals surface area (Å²) in [6, 6.07) is 6.50. The van der Waals surface area contributed by atoms with E-state index in [1.807, 2.05) is 6.92 Å². The Bertz CT molecular complexity index is 370. The van der Waals surface area contributed by atoms with Crippen molar-refractivity contribution in [2.75, 3.05) is 0 Å². The van der Waals surface area contributed by atoms with Crippen molar-refractivity contribution >= 4 is 5.57 Å². The third-order valence-electron chi connectivity index (χ3n) is 2.33. The van der Waals surface area contributed by atoms with Crippen LogP contribution in [0.1, 0.15) is 50.8 Å². The molecule has 0 heteroatoms. The number of allylic oxidation sites excluding steroid dienone is 3. The molecular formula is C17H26. The zero-order chi connectivity index (χ0) is 13.4. The molecule has 17 heavy (non-hydrogen) atoms. The number of hydrogen-bond acceptors (Lipinski definition) is 0. The van der Waals surface area contributed by atoms with Crippen LogP contribution in [-0.2, 0) is 0 Å². The zero-order valence-corrected chi connectivity index (χ0v) is 12.2. The van der Waals surface area contributed by atoms with Gasteiger partial charge < -0.3 is 0 Å². The van der Waals surface area contributed by atoms with Gasteiger partial charge in [0.25, 0.3) is 0 Å². The van der Waals surface area contributed by atoms with Gasteiger partial charge in [0.1, 0.15) is 0 Å². The Morgan fingerprint density at radius 1 is 1.06 bits per heavy atom. The van der Waals surface area contributed by atoms with Crippen molar-refractivity contribution in [3.63, 3.8) is 0 Å². The molecule has 1 rings (SSSR count). The molecule has 0 aliphatic carbocycles. The third-order valence-corrected chi connectivity index (χ3v) is 2.33. The molecule has 0 bridgehead atoms. The SMILES string of the molecule is C=C(C)c1cc(C)cc(C)c1.CCC=C(C)C. The van der Waals surface area contributed by atoms with Gasteiger partial charge in [-0.25, -0.2) is 0 Å². The maximum atomic E-state index is 3.91. The highest BCUT2D eigenvalue weighted by Gasteiger charge is 1.94. The van der Waals surface area contributed by atoms with Crippen LogP contribution in [0.3, 0.4) is 0 Å². The fourth-order valence-corrected chi connectivity index (χ4v) is 1.63. The maximum absolute atomic E-state index is 3.91. The lowest BCUT2D eigenvalue weighted by molar-refractivity contribution is 1.18. The van der Waals surface area contributed by atoms with E-state index in [1.165, 1.54) is 28.7 Å². The minimum Gasteiger partial charge on any atom is -0.0955 e. The van der Waals surface area contributed by atoms with Crippen LogP contribution in [0.5, 0.6) is 0 Å². The van der Waals surface area contributed by atoms with Crippen LogP contribution in [0, 0.1) is 13.8 Å². The number of aryl methyl sites for hydroxylation is 2. The van der Waals surface area contributed by atoms with E-state index in [4.69, 9.17) is 0 Å². The van der Waals surface area contributed by atoms with Crippen LogP contribution in [-0.4, -0.2) is 0 Å². The summed E-state index contributed by atoms with van der Waals surface area (Å²) in [6.45, 7) is 16.5. The Morgan fingerprint density at radius 2 is 1.53 bits per heavy atom. The first-order valence-electron chi connectivity index (χ1n) is 6.24. The van der Waals surface area contributed by atoms with E-state index in [0.717, 1.165) is 5.57 Å². The van der Waals surface area contributed by atoms with Crippen LogP contribution in [0.4, 0.5) is 0 Å². The molecule has 0 atom stereocenters. The first kappa shape index (κ1) is 15.7. The standard InChI is InChI=1S/C11H14.C6H12/c1-8(2)11-6-9(3)5-10(4)7-11;1-4-5-6(2)3/h5-7H,1H2,2-4H3;5H,4H2,1-3H3. The highest BCUT2D eigenvalue weighted by atomic mass is 14.0. The Labute approximate surface area is 107 Å². The number of benzene rings is 1. The van der Waals surface area contributed by atoms with Gasteiger partial charge in [-0.15, -0.1) is 0 Å². The summed E-state index contributed by atoms with van der Waals surface area (Å²) in [6.07, 6.45) is 3.38. The van der Waals surface area contributed by atoms with Crippen molar-refractivity contribution in [1.82, 2.24) is 0 Å². The molecule has 0 saturated carbocycles.